The molecule has 0 aromatic heterocycles. The van der Waals surface area contributed by atoms with Crippen molar-refractivity contribution in [3.63, 3.8) is 0 Å². The highest BCUT2D eigenvalue weighted by Gasteiger charge is 2.54. The van der Waals surface area contributed by atoms with Crippen molar-refractivity contribution < 1.29 is 18.7 Å². The maximum atomic E-state index is 13.4. The Labute approximate surface area is 175 Å². The van der Waals surface area contributed by atoms with Crippen molar-refractivity contribution in [1.29, 1.82) is 0 Å². The fourth-order valence-electron chi connectivity index (χ4n) is 4.41. The molecule has 158 valence electrons. The van der Waals surface area contributed by atoms with Crippen molar-refractivity contribution in [2.45, 2.75) is 18.5 Å². The van der Waals surface area contributed by atoms with Crippen molar-refractivity contribution in [3.8, 4) is 5.75 Å². The normalized spacial score (nSPS) is 24.5. The number of nitrogens with one attached hydrogen (secondary N) is 1. The maximum absolute atomic E-state index is 13.4. The smallest absolute Gasteiger partial charge is 0.255 e. The Balaban J connectivity index is 1.67. The minimum absolute atomic E-state index is 0.0510. The Kier molecular flexibility index (Phi) is 5.24. The van der Waals surface area contributed by atoms with Crippen LogP contribution in [0.4, 0.5) is 4.39 Å². The Hall–Kier alpha value is -2.93. The first kappa shape index (κ1) is 20.3. The second-order valence-corrected chi connectivity index (χ2v) is 8.34. The Morgan fingerprint density at radius 2 is 1.93 bits per heavy atom. The van der Waals surface area contributed by atoms with Crippen molar-refractivity contribution >= 4 is 11.8 Å². The number of benzene rings is 2. The van der Waals surface area contributed by atoms with Crippen molar-refractivity contribution in [2.75, 3.05) is 33.8 Å². The van der Waals surface area contributed by atoms with Gasteiger partial charge in [-0.15, -0.1) is 0 Å². The van der Waals surface area contributed by atoms with E-state index in [1.54, 1.807) is 49.3 Å². The summed E-state index contributed by atoms with van der Waals surface area (Å²) in [5.74, 6) is -0.525. The van der Waals surface area contributed by atoms with Crippen molar-refractivity contribution in [2.24, 2.45) is 5.92 Å². The van der Waals surface area contributed by atoms with Crippen LogP contribution in [0.3, 0.4) is 0 Å². The van der Waals surface area contributed by atoms with Crippen LogP contribution in [0.5, 0.6) is 5.75 Å². The van der Waals surface area contributed by atoms with Crippen LogP contribution in [0.25, 0.3) is 0 Å². The third-order valence-electron chi connectivity index (χ3n) is 6.19. The molecule has 4 rings (SSSR count). The van der Waals surface area contributed by atoms with Crippen LogP contribution in [0, 0.1) is 11.7 Å². The molecule has 2 aliphatic rings. The first-order valence-corrected chi connectivity index (χ1v) is 10.1. The molecule has 2 aromatic rings. The highest BCUT2D eigenvalue weighted by Crippen LogP contribution is 2.37. The molecule has 1 spiro atoms. The molecule has 7 heteroatoms. The number of nitrogens with zero attached hydrogens (tertiary/aromatic N) is 2. The first-order valence-electron chi connectivity index (χ1n) is 10.1. The van der Waals surface area contributed by atoms with E-state index in [2.05, 4.69) is 10.2 Å². The molecule has 6 nitrogen and oxygen atoms in total. The van der Waals surface area contributed by atoms with E-state index in [0.717, 1.165) is 5.56 Å². The minimum Gasteiger partial charge on any atom is -0.490 e. The zero-order valence-electron chi connectivity index (χ0n) is 17.4. The molecule has 2 heterocycles. The van der Waals surface area contributed by atoms with Crippen LogP contribution in [-0.2, 0) is 4.79 Å². The number of ether oxygens (including phenoxy) is 1. The van der Waals surface area contributed by atoms with Crippen LogP contribution >= 0.6 is 0 Å². The quantitative estimate of drug-likeness (QED) is 0.843. The number of carbonyl (C=O) groups is 2. The predicted molar refractivity (Wildman–Crippen MR) is 111 cm³/mol. The molecule has 1 N–H and O–H groups in total. The van der Waals surface area contributed by atoms with Crippen LogP contribution in [0.15, 0.2) is 48.5 Å². The van der Waals surface area contributed by atoms with E-state index in [9.17, 15) is 14.0 Å². The molecule has 0 radical (unpaired) electrons. The number of halogens is 1. The molecule has 3 atom stereocenters. The summed E-state index contributed by atoms with van der Waals surface area (Å²) in [6.45, 7) is 3.15. The number of para-hydroxylation sites is 1. The Morgan fingerprint density at radius 3 is 2.63 bits per heavy atom. The average Bonchev–Trinajstić information content (AvgIpc) is 3.03. The minimum atomic E-state index is -0.855. The highest BCUT2D eigenvalue weighted by atomic mass is 19.1. The molecule has 0 bridgehead atoms. The summed E-state index contributed by atoms with van der Waals surface area (Å²) < 4.78 is 19.4. The molecule has 30 heavy (non-hydrogen) atoms. The van der Waals surface area contributed by atoms with Crippen LogP contribution < -0.4 is 10.1 Å². The second kappa shape index (κ2) is 7.72. The van der Waals surface area contributed by atoms with Crippen LogP contribution in [-0.4, -0.2) is 60.9 Å². The van der Waals surface area contributed by atoms with Gasteiger partial charge in [0.1, 0.15) is 18.2 Å². The van der Waals surface area contributed by atoms with Gasteiger partial charge in [-0.3, -0.25) is 14.5 Å². The molecule has 0 aliphatic carbocycles. The van der Waals surface area contributed by atoms with E-state index in [4.69, 9.17) is 4.74 Å². The fourth-order valence-corrected chi connectivity index (χ4v) is 4.41. The number of hydrogen-bond donors (Lipinski definition) is 1. The standard InChI is InChI=1S/C23H26FN3O3/c1-15(16-8-10-17(24)11-9-16)27-12-19(22(29)26(2)3)23(13-27)14-30-20-7-5-4-6-18(20)21(28)25-23/h4-11,15,19H,12-14H2,1-3H3,(H,25,28)/t15-,19+,23+/m0/s1. The molecule has 2 aromatic carbocycles. The first-order chi connectivity index (χ1) is 14.3. The number of hydrogen-bond acceptors (Lipinski definition) is 4. The third kappa shape index (κ3) is 3.54. The number of amides is 2. The van der Waals surface area contributed by atoms with Gasteiger partial charge in [0.2, 0.25) is 5.91 Å². The third-order valence-corrected chi connectivity index (χ3v) is 6.19. The summed E-state index contributed by atoms with van der Waals surface area (Å²) in [5, 5.41) is 3.13. The van der Waals surface area contributed by atoms with Gasteiger partial charge in [0, 0.05) is 33.2 Å². The average molecular weight is 411 g/mol. The van der Waals surface area contributed by atoms with Gasteiger partial charge in [0.25, 0.3) is 5.91 Å². The van der Waals surface area contributed by atoms with Gasteiger partial charge in [-0.05, 0) is 36.8 Å². The lowest BCUT2D eigenvalue weighted by molar-refractivity contribution is -0.134. The lowest BCUT2D eigenvalue weighted by Gasteiger charge is -2.34. The monoisotopic (exact) mass is 411 g/mol. The number of rotatable bonds is 3. The topological polar surface area (TPSA) is 61.9 Å². The number of fused-ring (bicyclic) bond motifs is 1. The van der Waals surface area contributed by atoms with E-state index in [1.165, 1.54) is 12.1 Å². The molecule has 1 saturated heterocycles. The molecular weight excluding hydrogens is 385 g/mol. The molecule has 0 saturated carbocycles. The molecule has 2 amide bonds. The second-order valence-electron chi connectivity index (χ2n) is 8.34. The van der Waals surface area contributed by atoms with E-state index in [1.807, 2.05) is 13.0 Å². The Bertz CT molecular complexity index is 962. The largest absolute Gasteiger partial charge is 0.490 e. The van der Waals surface area contributed by atoms with Gasteiger partial charge >= 0.3 is 0 Å². The summed E-state index contributed by atoms with van der Waals surface area (Å²) in [6.07, 6.45) is 0. The van der Waals surface area contributed by atoms with E-state index < -0.39 is 11.5 Å². The van der Waals surface area contributed by atoms with Gasteiger partial charge in [-0.2, -0.15) is 0 Å². The van der Waals surface area contributed by atoms with Crippen molar-refractivity contribution in [1.82, 2.24) is 15.1 Å². The zero-order chi connectivity index (χ0) is 21.5. The zero-order valence-corrected chi connectivity index (χ0v) is 17.4. The lowest BCUT2D eigenvalue weighted by Crippen LogP contribution is -2.60. The van der Waals surface area contributed by atoms with Crippen LogP contribution in [0.1, 0.15) is 28.9 Å². The maximum Gasteiger partial charge on any atom is 0.255 e. The van der Waals surface area contributed by atoms with Gasteiger partial charge in [-0.25, -0.2) is 4.39 Å². The van der Waals surface area contributed by atoms with Crippen molar-refractivity contribution in [3.05, 3.63) is 65.5 Å². The number of likely N-dealkylation sites (tertiary alicyclic amines) is 1. The molecule has 2 aliphatic heterocycles. The van der Waals surface area contributed by atoms with E-state index in [0.29, 0.717) is 24.4 Å². The number of carbonyl (C=O) groups excluding carboxylic acids is 2. The van der Waals surface area contributed by atoms with E-state index >= 15 is 0 Å². The van der Waals surface area contributed by atoms with Gasteiger partial charge < -0.3 is 15.0 Å². The fraction of sp³-hybridized carbons (Fsp3) is 0.391. The summed E-state index contributed by atoms with van der Waals surface area (Å²) in [5.41, 5.74) is 0.565. The summed E-state index contributed by atoms with van der Waals surface area (Å²) in [7, 11) is 3.44. The SMILES string of the molecule is C[C@@H](c1ccc(F)cc1)N1C[C@H](C(=O)N(C)C)[C@]2(COc3ccccc3C(=O)N2)C1. The van der Waals surface area contributed by atoms with Gasteiger partial charge in [0.05, 0.1) is 17.0 Å². The van der Waals surface area contributed by atoms with E-state index in [-0.39, 0.29) is 30.3 Å². The van der Waals surface area contributed by atoms with Gasteiger partial charge in [0.15, 0.2) is 0 Å². The summed E-state index contributed by atoms with van der Waals surface area (Å²) in [4.78, 5) is 29.8. The molecule has 0 unspecified atom stereocenters. The Morgan fingerprint density at radius 1 is 1.23 bits per heavy atom. The molecular formula is C23H26FN3O3. The summed E-state index contributed by atoms with van der Waals surface area (Å²) in [6, 6.07) is 13.4. The lowest BCUT2D eigenvalue weighted by atomic mass is 9.86. The van der Waals surface area contributed by atoms with Gasteiger partial charge in [-0.1, -0.05) is 24.3 Å². The predicted octanol–water partition coefficient (Wildman–Crippen LogP) is 2.47. The van der Waals surface area contributed by atoms with Crippen LogP contribution in [0.2, 0.25) is 0 Å². The summed E-state index contributed by atoms with van der Waals surface area (Å²) >= 11 is 0. The molecule has 1 fully saturated rings. The highest BCUT2D eigenvalue weighted by molar-refractivity contribution is 5.98.